The predicted octanol–water partition coefficient (Wildman–Crippen LogP) is 3.81. The second kappa shape index (κ2) is 8.23. The van der Waals surface area contributed by atoms with Gasteiger partial charge in [-0.2, -0.15) is 0 Å². The lowest BCUT2D eigenvalue weighted by molar-refractivity contribution is 0.102. The summed E-state index contributed by atoms with van der Waals surface area (Å²) < 4.78 is 33.0. The molecule has 2 N–H and O–H groups in total. The van der Waals surface area contributed by atoms with Crippen molar-refractivity contribution < 1.29 is 17.9 Å². The van der Waals surface area contributed by atoms with Gasteiger partial charge in [0.2, 0.25) is 0 Å². The highest BCUT2D eigenvalue weighted by Gasteiger charge is 2.16. The summed E-state index contributed by atoms with van der Waals surface area (Å²) in [7, 11) is -2.16. The molecule has 1 amide bonds. The third-order valence-electron chi connectivity index (χ3n) is 3.49. The normalized spacial score (nSPS) is 11.0. The zero-order chi connectivity index (χ0) is 19.4. The number of sulfonamides is 1. The minimum absolute atomic E-state index is 0.0784. The highest BCUT2D eigenvalue weighted by atomic mass is 127. The Labute approximate surface area is 174 Å². The van der Waals surface area contributed by atoms with Gasteiger partial charge in [0, 0.05) is 22.8 Å². The van der Waals surface area contributed by atoms with E-state index in [-0.39, 0.29) is 10.8 Å². The van der Waals surface area contributed by atoms with Crippen molar-refractivity contribution in [3.8, 4) is 5.75 Å². The Morgan fingerprint density at radius 2 is 1.93 bits per heavy atom. The predicted molar refractivity (Wildman–Crippen MR) is 113 cm³/mol. The zero-order valence-electron chi connectivity index (χ0n) is 14.0. The van der Waals surface area contributed by atoms with Gasteiger partial charge in [-0.25, -0.2) is 13.4 Å². The SMILES string of the molecule is COc1ccc(C(=O)Nc2ccc(S(=O)(=O)Nc3nccs3)cc2)cc1I. The number of hydrogen-bond acceptors (Lipinski definition) is 6. The molecule has 0 aliphatic carbocycles. The van der Waals surface area contributed by atoms with Gasteiger partial charge in [-0.05, 0) is 65.1 Å². The van der Waals surface area contributed by atoms with E-state index >= 15 is 0 Å². The summed E-state index contributed by atoms with van der Waals surface area (Å²) in [6.07, 6.45) is 1.52. The fourth-order valence-corrected chi connectivity index (χ4v) is 4.70. The topological polar surface area (TPSA) is 97.4 Å². The Balaban J connectivity index is 1.72. The van der Waals surface area contributed by atoms with Crippen LogP contribution in [0.3, 0.4) is 0 Å². The van der Waals surface area contributed by atoms with E-state index in [0.717, 1.165) is 3.57 Å². The molecule has 0 saturated heterocycles. The van der Waals surface area contributed by atoms with Crippen molar-refractivity contribution in [3.63, 3.8) is 0 Å². The van der Waals surface area contributed by atoms with Crippen molar-refractivity contribution in [3.05, 3.63) is 63.2 Å². The first-order chi connectivity index (χ1) is 12.9. The van der Waals surface area contributed by atoms with Gasteiger partial charge < -0.3 is 10.1 Å². The van der Waals surface area contributed by atoms with Crippen LogP contribution in [0.1, 0.15) is 10.4 Å². The van der Waals surface area contributed by atoms with Gasteiger partial charge in [-0.15, -0.1) is 11.3 Å². The number of benzene rings is 2. The van der Waals surface area contributed by atoms with Crippen molar-refractivity contribution in [2.75, 3.05) is 17.1 Å². The molecule has 2 aromatic carbocycles. The largest absolute Gasteiger partial charge is 0.496 e. The summed E-state index contributed by atoms with van der Waals surface area (Å²) in [6, 6.07) is 11.0. The molecule has 0 saturated carbocycles. The molecule has 1 aromatic heterocycles. The molecular weight excluding hydrogens is 501 g/mol. The number of carbonyl (C=O) groups excluding carboxylic acids is 1. The number of hydrogen-bond donors (Lipinski definition) is 2. The summed E-state index contributed by atoms with van der Waals surface area (Å²) in [6.45, 7) is 0. The number of anilines is 2. The van der Waals surface area contributed by atoms with Gasteiger partial charge >= 0.3 is 0 Å². The molecule has 0 atom stereocenters. The zero-order valence-corrected chi connectivity index (χ0v) is 17.8. The minimum Gasteiger partial charge on any atom is -0.496 e. The quantitative estimate of drug-likeness (QED) is 0.487. The smallest absolute Gasteiger partial charge is 0.263 e. The van der Waals surface area contributed by atoms with Crippen molar-refractivity contribution >= 4 is 60.7 Å². The van der Waals surface area contributed by atoms with Crippen LogP contribution >= 0.6 is 33.9 Å². The molecule has 1 heterocycles. The van der Waals surface area contributed by atoms with E-state index in [0.29, 0.717) is 22.1 Å². The summed E-state index contributed by atoms with van der Waals surface area (Å²) in [5.41, 5.74) is 0.960. The molecule has 0 bridgehead atoms. The molecule has 0 fully saturated rings. The lowest BCUT2D eigenvalue weighted by atomic mass is 10.2. The van der Waals surface area contributed by atoms with Crippen molar-refractivity contribution in [2.24, 2.45) is 0 Å². The van der Waals surface area contributed by atoms with E-state index in [2.05, 4.69) is 37.6 Å². The van der Waals surface area contributed by atoms with Crippen LogP contribution in [0.2, 0.25) is 0 Å². The minimum atomic E-state index is -3.72. The van der Waals surface area contributed by atoms with Crippen molar-refractivity contribution in [1.29, 1.82) is 0 Å². The number of carbonyl (C=O) groups is 1. The van der Waals surface area contributed by atoms with Crippen LogP contribution in [0, 0.1) is 3.57 Å². The number of nitrogens with one attached hydrogen (secondary N) is 2. The maximum absolute atomic E-state index is 12.4. The molecule has 0 unspecified atom stereocenters. The molecule has 0 aliphatic heterocycles. The van der Waals surface area contributed by atoms with Gasteiger partial charge in [-0.3, -0.25) is 9.52 Å². The van der Waals surface area contributed by atoms with Gasteiger partial charge in [-0.1, -0.05) is 0 Å². The van der Waals surface area contributed by atoms with E-state index < -0.39 is 10.0 Å². The van der Waals surface area contributed by atoms with Crippen LogP contribution in [0.25, 0.3) is 0 Å². The second-order valence-electron chi connectivity index (χ2n) is 5.27. The highest BCUT2D eigenvalue weighted by Crippen LogP contribution is 2.23. The Kier molecular flexibility index (Phi) is 5.97. The van der Waals surface area contributed by atoms with Crippen LogP contribution in [0.4, 0.5) is 10.8 Å². The third-order valence-corrected chi connectivity index (χ3v) is 6.51. The first-order valence-corrected chi connectivity index (χ1v) is 11.0. The van der Waals surface area contributed by atoms with Crippen LogP contribution in [-0.4, -0.2) is 26.4 Å². The Bertz CT molecular complexity index is 1050. The molecule has 3 rings (SSSR count). The number of aromatic nitrogens is 1. The monoisotopic (exact) mass is 515 g/mol. The van der Waals surface area contributed by atoms with E-state index in [9.17, 15) is 13.2 Å². The second-order valence-corrected chi connectivity index (χ2v) is 9.01. The average molecular weight is 515 g/mol. The number of methoxy groups -OCH3 is 1. The first kappa shape index (κ1) is 19.6. The molecule has 0 radical (unpaired) electrons. The summed E-state index contributed by atoms with van der Waals surface area (Å²) in [5.74, 6) is 0.390. The standard InChI is InChI=1S/C17H14IN3O4S2/c1-25-15-7-2-11(10-14(15)18)16(22)20-12-3-5-13(6-4-12)27(23,24)21-17-19-8-9-26-17/h2-10H,1H3,(H,19,21)(H,20,22). The fraction of sp³-hybridized carbons (Fsp3) is 0.0588. The Morgan fingerprint density at radius 3 is 2.52 bits per heavy atom. The summed E-state index contributed by atoms with van der Waals surface area (Å²) in [4.78, 5) is 16.3. The molecule has 0 spiro atoms. The van der Waals surface area contributed by atoms with Gasteiger partial charge in [0.15, 0.2) is 5.13 Å². The van der Waals surface area contributed by atoms with E-state index in [4.69, 9.17) is 4.74 Å². The maximum Gasteiger partial charge on any atom is 0.263 e. The number of thiazole rings is 1. The lowest BCUT2D eigenvalue weighted by Gasteiger charge is -2.09. The van der Waals surface area contributed by atoms with Crippen LogP contribution in [0.15, 0.2) is 58.9 Å². The molecule has 3 aromatic rings. The Morgan fingerprint density at radius 1 is 1.19 bits per heavy atom. The van der Waals surface area contributed by atoms with Crippen molar-refractivity contribution in [2.45, 2.75) is 4.90 Å². The van der Waals surface area contributed by atoms with E-state index in [1.54, 1.807) is 30.7 Å². The van der Waals surface area contributed by atoms with Crippen LogP contribution in [-0.2, 0) is 10.0 Å². The van der Waals surface area contributed by atoms with Crippen molar-refractivity contribution in [1.82, 2.24) is 4.98 Å². The molecule has 10 heteroatoms. The summed E-state index contributed by atoms with van der Waals surface area (Å²) >= 11 is 3.28. The molecule has 140 valence electrons. The lowest BCUT2D eigenvalue weighted by Crippen LogP contribution is -2.14. The number of amides is 1. The Hall–Kier alpha value is -2.18. The number of halogens is 1. The van der Waals surface area contributed by atoms with E-state index in [1.807, 2.05) is 0 Å². The summed E-state index contributed by atoms with van der Waals surface area (Å²) in [5, 5.41) is 4.71. The van der Waals surface area contributed by atoms with Crippen LogP contribution < -0.4 is 14.8 Å². The van der Waals surface area contributed by atoms with Gasteiger partial charge in [0.05, 0.1) is 15.6 Å². The fourth-order valence-electron chi connectivity index (χ4n) is 2.18. The van der Waals surface area contributed by atoms with Crippen LogP contribution in [0.5, 0.6) is 5.75 Å². The molecule has 7 nitrogen and oxygen atoms in total. The van der Waals surface area contributed by atoms with Gasteiger partial charge in [0.1, 0.15) is 5.75 Å². The molecule has 0 aliphatic rings. The van der Waals surface area contributed by atoms with E-state index in [1.165, 1.54) is 41.8 Å². The first-order valence-electron chi connectivity index (χ1n) is 7.56. The average Bonchev–Trinajstić information content (AvgIpc) is 3.14. The molecular formula is C17H14IN3O4S2. The number of ether oxygens (including phenoxy) is 1. The number of rotatable bonds is 6. The third kappa shape index (κ3) is 4.76. The molecule has 27 heavy (non-hydrogen) atoms. The van der Waals surface area contributed by atoms with Gasteiger partial charge in [0.25, 0.3) is 15.9 Å². The number of nitrogens with zero attached hydrogens (tertiary/aromatic N) is 1. The highest BCUT2D eigenvalue weighted by molar-refractivity contribution is 14.1. The maximum atomic E-state index is 12.4.